The van der Waals surface area contributed by atoms with Gasteiger partial charge in [0.2, 0.25) is 5.91 Å². The van der Waals surface area contributed by atoms with E-state index in [1.54, 1.807) is 11.0 Å². The van der Waals surface area contributed by atoms with E-state index < -0.39 is 0 Å². The Bertz CT molecular complexity index is 848. The molecule has 3 rings (SSSR count). The molecule has 0 aliphatic carbocycles. The molecule has 1 heterocycles. The highest BCUT2D eigenvalue weighted by Gasteiger charge is 2.30. The number of rotatable bonds is 5. The molecule has 0 radical (unpaired) electrons. The van der Waals surface area contributed by atoms with E-state index in [4.69, 9.17) is 0 Å². The molecule has 0 unspecified atom stereocenters. The van der Waals surface area contributed by atoms with Crippen LogP contribution in [0.1, 0.15) is 53.2 Å². The highest BCUT2D eigenvalue weighted by Crippen LogP contribution is 2.31. The van der Waals surface area contributed by atoms with Gasteiger partial charge in [-0.15, -0.1) is 0 Å². The summed E-state index contributed by atoms with van der Waals surface area (Å²) in [5.41, 5.74) is 5.20. The molecule has 1 aliphatic rings. The van der Waals surface area contributed by atoms with Gasteiger partial charge in [0.15, 0.2) is 0 Å². The summed E-state index contributed by atoms with van der Waals surface area (Å²) < 4.78 is 0. The number of nitrogens with one attached hydrogen (secondary N) is 1. The van der Waals surface area contributed by atoms with Crippen molar-refractivity contribution in [3.05, 3.63) is 71.3 Å². The molecule has 0 saturated heterocycles. The lowest BCUT2D eigenvalue weighted by Gasteiger charge is -2.19. The van der Waals surface area contributed by atoms with Gasteiger partial charge in [0, 0.05) is 35.5 Å². The van der Waals surface area contributed by atoms with Crippen LogP contribution in [0.4, 0.5) is 5.69 Å². The molecule has 2 aromatic rings. The number of benzene rings is 2. The number of carbonyl (C=O) groups is 2. The van der Waals surface area contributed by atoms with Gasteiger partial charge in [-0.2, -0.15) is 0 Å². The van der Waals surface area contributed by atoms with Crippen LogP contribution in [-0.4, -0.2) is 23.3 Å². The average molecular weight is 348 g/mol. The first-order valence-corrected chi connectivity index (χ1v) is 8.89. The summed E-state index contributed by atoms with van der Waals surface area (Å²) in [5, 5.41) is 3.03. The number of amides is 2. The minimum absolute atomic E-state index is 0.0860. The normalized spacial score (nSPS) is 13.3. The van der Waals surface area contributed by atoms with Gasteiger partial charge in [0.1, 0.15) is 0 Å². The molecular formula is C22H24N2O2. The standard InChI is InChI=1S/C22H24N2O2/c1-14(2)17-11-7-8-15(3)21(17)23-20(25)12-13-24-16(4)18-9-5-6-10-19(18)22(24)26/h5-11,14H,4,12-13H2,1-3H3,(H,23,25). The van der Waals surface area contributed by atoms with Crippen LogP contribution in [-0.2, 0) is 4.79 Å². The average Bonchev–Trinajstić information content (AvgIpc) is 2.86. The minimum atomic E-state index is -0.0993. The Morgan fingerprint density at radius 1 is 1.12 bits per heavy atom. The fraction of sp³-hybridized carbons (Fsp3) is 0.273. The van der Waals surface area contributed by atoms with Crippen molar-refractivity contribution in [2.45, 2.75) is 33.1 Å². The number of fused-ring (bicyclic) bond motifs is 1. The third-order valence-electron chi connectivity index (χ3n) is 4.79. The third-order valence-corrected chi connectivity index (χ3v) is 4.79. The first-order chi connectivity index (χ1) is 12.4. The van der Waals surface area contributed by atoms with Crippen LogP contribution in [0.25, 0.3) is 5.70 Å². The summed E-state index contributed by atoms with van der Waals surface area (Å²) in [6.07, 6.45) is 0.227. The number of para-hydroxylation sites is 1. The van der Waals surface area contributed by atoms with Crippen molar-refractivity contribution in [2.75, 3.05) is 11.9 Å². The zero-order valence-corrected chi connectivity index (χ0v) is 15.5. The summed E-state index contributed by atoms with van der Waals surface area (Å²) in [4.78, 5) is 26.6. The fourth-order valence-corrected chi connectivity index (χ4v) is 3.33. The second kappa shape index (κ2) is 7.16. The molecule has 0 atom stereocenters. The molecule has 4 heteroatoms. The smallest absolute Gasteiger partial charge is 0.258 e. The summed E-state index contributed by atoms with van der Waals surface area (Å²) >= 11 is 0. The Kier molecular flexibility index (Phi) is 4.94. The summed E-state index contributed by atoms with van der Waals surface area (Å²) in [6, 6.07) is 13.4. The van der Waals surface area contributed by atoms with Gasteiger partial charge in [-0.1, -0.05) is 56.8 Å². The maximum atomic E-state index is 12.5. The molecule has 1 N–H and O–H groups in total. The number of aryl methyl sites for hydroxylation is 1. The Morgan fingerprint density at radius 3 is 2.46 bits per heavy atom. The third kappa shape index (κ3) is 3.27. The van der Waals surface area contributed by atoms with Gasteiger partial charge in [0.25, 0.3) is 5.91 Å². The SMILES string of the molecule is C=C1c2ccccc2C(=O)N1CCC(=O)Nc1c(C)cccc1C(C)C. The van der Waals surface area contributed by atoms with Crippen molar-refractivity contribution >= 4 is 23.2 Å². The zero-order chi connectivity index (χ0) is 18.8. The highest BCUT2D eigenvalue weighted by molar-refractivity contribution is 6.09. The second-order valence-electron chi connectivity index (χ2n) is 6.94. The van der Waals surface area contributed by atoms with Crippen LogP contribution in [0.15, 0.2) is 49.0 Å². The minimum Gasteiger partial charge on any atom is -0.326 e. The van der Waals surface area contributed by atoms with Crippen molar-refractivity contribution < 1.29 is 9.59 Å². The molecule has 4 nitrogen and oxygen atoms in total. The van der Waals surface area contributed by atoms with Crippen LogP contribution in [0.3, 0.4) is 0 Å². The molecule has 0 fully saturated rings. The molecule has 0 saturated carbocycles. The summed E-state index contributed by atoms with van der Waals surface area (Å²) in [6.45, 7) is 10.5. The van der Waals surface area contributed by atoms with Crippen molar-refractivity contribution in [2.24, 2.45) is 0 Å². The van der Waals surface area contributed by atoms with Crippen molar-refractivity contribution in [1.29, 1.82) is 0 Å². The van der Waals surface area contributed by atoms with Gasteiger partial charge >= 0.3 is 0 Å². The zero-order valence-electron chi connectivity index (χ0n) is 15.5. The van der Waals surface area contributed by atoms with Crippen molar-refractivity contribution in [1.82, 2.24) is 4.90 Å². The van der Waals surface area contributed by atoms with Crippen LogP contribution in [0.2, 0.25) is 0 Å². The maximum absolute atomic E-state index is 12.5. The number of hydrogen-bond acceptors (Lipinski definition) is 2. The van der Waals surface area contributed by atoms with Crippen molar-refractivity contribution in [3.8, 4) is 0 Å². The van der Waals surface area contributed by atoms with Crippen LogP contribution < -0.4 is 5.32 Å². The molecule has 0 aromatic heterocycles. The van der Waals surface area contributed by atoms with Crippen LogP contribution >= 0.6 is 0 Å². The van der Waals surface area contributed by atoms with E-state index in [9.17, 15) is 9.59 Å². The maximum Gasteiger partial charge on any atom is 0.258 e. The van der Waals surface area contributed by atoms with Gasteiger partial charge in [-0.3, -0.25) is 9.59 Å². The quantitative estimate of drug-likeness (QED) is 0.860. The number of nitrogens with zero attached hydrogens (tertiary/aromatic N) is 1. The van der Waals surface area contributed by atoms with E-state index in [1.165, 1.54) is 0 Å². The Morgan fingerprint density at radius 2 is 1.81 bits per heavy atom. The van der Waals surface area contributed by atoms with E-state index >= 15 is 0 Å². The van der Waals surface area contributed by atoms with Crippen LogP contribution in [0, 0.1) is 6.92 Å². The van der Waals surface area contributed by atoms with Crippen molar-refractivity contribution in [3.63, 3.8) is 0 Å². The Hall–Kier alpha value is -2.88. The highest BCUT2D eigenvalue weighted by atomic mass is 16.2. The van der Waals surface area contributed by atoms with E-state index in [2.05, 4.69) is 25.7 Å². The molecule has 1 aliphatic heterocycles. The van der Waals surface area contributed by atoms with E-state index in [0.29, 0.717) is 23.7 Å². The van der Waals surface area contributed by atoms with Crippen LogP contribution in [0.5, 0.6) is 0 Å². The Balaban J connectivity index is 1.68. The predicted octanol–water partition coefficient (Wildman–Crippen LogP) is 4.57. The fourth-order valence-electron chi connectivity index (χ4n) is 3.33. The second-order valence-corrected chi connectivity index (χ2v) is 6.94. The van der Waals surface area contributed by atoms with Gasteiger partial charge in [0.05, 0.1) is 0 Å². The first-order valence-electron chi connectivity index (χ1n) is 8.89. The molecule has 2 amide bonds. The monoisotopic (exact) mass is 348 g/mol. The van der Waals surface area contributed by atoms with E-state index in [1.807, 2.05) is 43.3 Å². The lowest BCUT2D eigenvalue weighted by atomic mass is 9.98. The molecule has 0 bridgehead atoms. The molecule has 134 valence electrons. The lowest BCUT2D eigenvalue weighted by Crippen LogP contribution is -2.27. The molecular weight excluding hydrogens is 324 g/mol. The molecule has 0 spiro atoms. The summed E-state index contributed by atoms with van der Waals surface area (Å²) in [7, 11) is 0. The first kappa shape index (κ1) is 17.9. The number of carbonyl (C=O) groups excluding carboxylic acids is 2. The topological polar surface area (TPSA) is 49.4 Å². The predicted molar refractivity (Wildman–Crippen MR) is 105 cm³/mol. The van der Waals surface area contributed by atoms with Gasteiger partial charge in [-0.25, -0.2) is 0 Å². The molecule has 26 heavy (non-hydrogen) atoms. The lowest BCUT2D eigenvalue weighted by molar-refractivity contribution is -0.116. The van der Waals surface area contributed by atoms with E-state index in [-0.39, 0.29) is 18.2 Å². The van der Waals surface area contributed by atoms with E-state index in [0.717, 1.165) is 22.4 Å². The Labute approximate surface area is 154 Å². The number of hydrogen-bond donors (Lipinski definition) is 1. The molecule has 2 aromatic carbocycles. The number of anilines is 1. The van der Waals surface area contributed by atoms with Gasteiger partial charge in [-0.05, 0) is 30.0 Å². The summed E-state index contributed by atoms with van der Waals surface area (Å²) in [5.74, 6) is 0.134. The largest absolute Gasteiger partial charge is 0.326 e. The van der Waals surface area contributed by atoms with Gasteiger partial charge < -0.3 is 10.2 Å².